The molecule has 1 N–H and O–H groups in total. The molecular formula is C24H22N4O3S. The molecule has 2 aromatic heterocycles. The fourth-order valence-corrected chi connectivity index (χ4v) is 3.65. The van der Waals surface area contributed by atoms with Gasteiger partial charge in [-0.3, -0.25) is 9.59 Å². The van der Waals surface area contributed by atoms with Crippen LogP contribution in [0, 0.1) is 6.92 Å². The van der Waals surface area contributed by atoms with Crippen LogP contribution in [0.1, 0.15) is 16.1 Å². The van der Waals surface area contributed by atoms with Crippen molar-refractivity contribution < 1.29 is 14.0 Å². The van der Waals surface area contributed by atoms with Gasteiger partial charge >= 0.3 is 0 Å². The molecule has 0 aliphatic carbocycles. The van der Waals surface area contributed by atoms with Gasteiger partial charge in [-0.15, -0.1) is 0 Å². The normalized spacial score (nSPS) is 10.7. The highest BCUT2D eigenvalue weighted by Gasteiger charge is 2.21. The number of anilines is 1. The Hall–Kier alpha value is -3.78. The summed E-state index contributed by atoms with van der Waals surface area (Å²) in [5, 5.41) is 7.45. The van der Waals surface area contributed by atoms with Crippen LogP contribution in [0.5, 0.6) is 0 Å². The molecule has 4 aromatic rings. The second-order valence-corrected chi connectivity index (χ2v) is 8.35. The van der Waals surface area contributed by atoms with Crippen molar-refractivity contribution >= 4 is 28.6 Å². The van der Waals surface area contributed by atoms with E-state index in [0.717, 1.165) is 28.1 Å². The third-order valence-electron chi connectivity index (χ3n) is 4.64. The van der Waals surface area contributed by atoms with Gasteiger partial charge in [0.1, 0.15) is 11.5 Å². The summed E-state index contributed by atoms with van der Waals surface area (Å²) in [6, 6.07) is 20.3. The first-order valence-corrected chi connectivity index (χ1v) is 10.7. The van der Waals surface area contributed by atoms with Crippen molar-refractivity contribution in [2.24, 2.45) is 0 Å². The number of hydrogen-bond donors (Lipinski definition) is 1. The van der Waals surface area contributed by atoms with E-state index >= 15 is 0 Å². The second kappa shape index (κ2) is 9.15. The van der Waals surface area contributed by atoms with E-state index in [-0.39, 0.29) is 11.1 Å². The highest BCUT2D eigenvalue weighted by Crippen LogP contribution is 2.27. The number of aryl methyl sites for hydroxylation is 1. The quantitative estimate of drug-likeness (QED) is 0.411. The fourth-order valence-electron chi connectivity index (χ4n) is 2.99. The summed E-state index contributed by atoms with van der Waals surface area (Å²) in [6.45, 7) is 1.85. The third kappa shape index (κ3) is 4.76. The minimum Gasteiger partial charge on any atom is -0.460 e. The van der Waals surface area contributed by atoms with Crippen molar-refractivity contribution in [3.8, 4) is 17.1 Å². The Morgan fingerprint density at radius 1 is 1.00 bits per heavy atom. The number of carbonyl (C=O) groups is 2. The highest BCUT2D eigenvalue weighted by atomic mass is 32.2. The van der Waals surface area contributed by atoms with Gasteiger partial charge in [-0.2, -0.15) is 5.10 Å². The molecule has 8 heteroatoms. The molecule has 162 valence electrons. The van der Waals surface area contributed by atoms with Crippen molar-refractivity contribution in [3.63, 3.8) is 0 Å². The minimum absolute atomic E-state index is 0.0616. The van der Waals surface area contributed by atoms with Crippen molar-refractivity contribution in [1.82, 2.24) is 14.7 Å². The van der Waals surface area contributed by atoms with Crippen LogP contribution >= 0.6 is 11.8 Å². The number of furan rings is 1. The van der Waals surface area contributed by atoms with Gasteiger partial charge < -0.3 is 14.6 Å². The minimum atomic E-state index is -0.305. The van der Waals surface area contributed by atoms with Crippen LogP contribution in [0.2, 0.25) is 0 Å². The number of nitrogens with zero attached hydrogens (tertiary/aromatic N) is 3. The number of nitrogens with one attached hydrogen (secondary N) is 1. The topological polar surface area (TPSA) is 80.4 Å². The van der Waals surface area contributed by atoms with Crippen molar-refractivity contribution in [2.45, 2.75) is 11.8 Å². The number of amides is 2. The van der Waals surface area contributed by atoms with E-state index in [1.807, 2.05) is 43.3 Å². The molecule has 0 spiro atoms. The SMILES string of the molecule is Cc1ccc(-c2nn(-c3ccccc3)cc2C(=O)Nc2ccc(SC(=O)N(C)C)cc2)o1. The van der Waals surface area contributed by atoms with Gasteiger partial charge in [-0.25, -0.2) is 4.68 Å². The zero-order valence-corrected chi connectivity index (χ0v) is 18.7. The average Bonchev–Trinajstić information content (AvgIpc) is 3.42. The number of para-hydroxylation sites is 1. The summed E-state index contributed by atoms with van der Waals surface area (Å²) in [6.07, 6.45) is 1.69. The van der Waals surface area contributed by atoms with E-state index in [1.165, 1.54) is 4.90 Å². The lowest BCUT2D eigenvalue weighted by Crippen LogP contribution is -2.16. The molecule has 2 heterocycles. The Morgan fingerprint density at radius 2 is 1.72 bits per heavy atom. The number of benzene rings is 2. The van der Waals surface area contributed by atoms with Crippen LogP contribution in [0.25, 0.3) is 17.1 Å². The van der Waals surface area contributed by atoms with Gasteiger partial charge in [0.25, 0.3) is 11.1 Å². The summed E-state index contributed by atoms with van der Waals surface area (Å²) >= 11 is 1.13. The van der Waals surface area contributed by atoms with Crippen molar-refractivity contribution in [1.29, 1.82) is 0 Å². The summed E-state index contributed by atoms with van der Waals surface area (Å²) < 4.78 is 7.40. The first-order valence-electron chi connectivity index (χ1n) is 9.93. The van der Waals surface area contributed by atoms with Crippen LogP contribution in [0.4, 0.5) is 10.5 Å². The molecule has 0 aliphatic heterocycles. The number of aromatic nitrogens is 2. The monoisotopic (exact) mass is 446 g/mol. The molecule has 4 rings (SSSR count). The molecule has 7 nitrogen and oxygen atoms in total. The Balaban J connectivity index is 1.60. The van der Waals surface area contributed by atoms with Crippen LogP contribution in [-0.2, 0) is 0 Å². The zero-order valence-electron chi connectivity index (χ0n) is 17.9. The van der Waals surface area contributed by atoms with E-state index in [9.17, 15) is 9.59 Å². The predicted molar refractivity (Wildman–Crippen MR) is 125 cm³/mol. The Kier molecular flexibility index (Phi) is 6.13. The van der Waals surface area contributed by atoms with E-state index in [4.69, 9.17) is 4.42 Å². The van der Waals surface area contributed by atoms with E-state index in [1.54, 1.807) is 55.3 Å². The summed E-state index contributed by atoms with van der Waals surface area (Å²) in [4.78, 5) is 27.3. The number of rotatable bonds is 5. The van der Waals surface area contributed by atoms with Crippen molar-refractivity contribution in [2.75, 3.05) is 19.4 Å². The van der Waals surface area contributed by atoms with Crippen LogP contribution in [0.3, 0.4) is 0 Å². The molecule has 0 fully saturated rings. The van der Waals surface area contributed by atoms with E-state index < -0.39 is 0 Å². The first kappa shape index (κ1) is 21.5. The molecule has 0 radical (unpaired) electrons. The van der Waals surface area contributed by atoms with Gasteiger partial charge in [0.2, 0.25) is 0 Å². The Bertz CT molecular complexity index is 1240. The highest BCUT2D eigenvalue weighted by molar-refractivity contribution is 8.13. The number of thioether (sulfide) groups is 1. The smallest absolute Gasteiger partial charge is 0.285 e. The number of hydrogen-bond acceptors (Lipinski definition) is 5. The largest absolute Gasteiger partial charge is 0.460 e. The molecule has 0 aliphatic rings. The Labute approximate surface area is 190 Å². The standard InChI is InChI=1S/C24H22N4O3S/c1-16-9-14-21(31-16)22-20(15-28(26-22)18-7-5-4-6-8-18)23(29)25-17-10-12-19(13-11-17)32-24(30)27(2)3/h4-15H,1-3H3,(H,25,29). The number of carbonyl (C=O) groups excluding carboxylic acids is 2. The predicted octanol–water partition coefficient (Wildman–Crippen LogP) is 5.47. The van der Waals surface area contributed by atoms with Gasteiger partial charge in [0.15, 0.2) is 5.76 Å². The first-order chi connectivity index (χ1) is 15.4. The Morgan fingerprint density at radius 3 is 2.34 bits per heavy atom. The lowest BCUT2D eigenvalue weighted by atomic mass is 10.2. The molecular weight excluding hydrogens is 424 g/mol. The van der Waals surface area contributed by atoms with Crippen LogP contribution in [0.15, 0.2) is 82.2 Å². The maximum absolute atomic E-state index is 13.1. The third-order valence-corrected chi connectivity index (χ3v) is 5.68. The maximum Gasteiger partial charge on any atom is 0.285 e. The van der Waals surface area contributed by atoms with Gasteiger partial charge in [-0.05, 0) is 67.2 Å². The van der Waals surface area contributed by atoms with Gasteiger partial charge in [0, 0.05) is 30.9 Å². The molecule has 0 saturated carbocycles. The summed E-state index contributed by atoms with van der Waals surface area (Å²) in [5.41, 5.74) is 2.31. The summed E-state index contributed by atoms with van der Waals surface area (Å²) in [5.74, 6) is 0.957. The fraction of sp³-hybridized carbons (Fsp3) is 0.125. The van der Waals surface area contributed by atoms with Crippen molar-refractivity contribution in [3.05, 3.63) is 84.3 Å². The molecule has 2 amide bonds. The van der Waals surface area contributed by atoms with E-state index in [0.29, 0.717) is 22.7 Å². The molecule has 2 aromatic carbocycles. The molecule has 32 heavy (non-hydrogen) atoms. The maximum atomic E-state index is 13.1. The van der Waals surface area contributed by atoms with E-state index in [2.05, 4.69) is 10.4 Å². The van der Waals surface area contributed by atoms with Gasteiger partial charge in [0.05, 0.1) is 11.3 Å². The lowest BCUT2D eigenvalue weighted by Gasteiger charge is -2.09. The second-order valence-electron chi connectivity index (χ2n) is 7.32. The average molecular weight is 447 g/mol. The molecule has 0 unspecified atom stereocenters. The van der Waals surface area contributed by atoms with Crippen LogP contribution < -0.4 is 5.32 Å². The molecule has 0 atom stereocenters. The lowest BCUT2D eigenvalue weighted by molar-refractivity contribution is 0.102. The summed E-state index contributed by atoms with van der Waals surface area (Å²) in [7, 11) is 3.41. The van der Waals surface area contributed by atoms with Gasteiger partial charge in [-0.1, -0.05) is 18.2 Å². The van der Waals surface area contributed by atoms with Crippen LogP contribution in [-0.4, -0.2) is 39.9 Å². The zero-order chi connectivity index (χ0) is 22.7. The molecule has 0 saturated heterocycles. The molecule has 0 bridgehead atoms.